The zero-order valence-corrected chi connectivity index (χ0v) is 8.43. The van der Waals surface area contributed by atoms with Gasteiger partial charge in [-0.3, -0.25) is 0 Å². The number of nitrogens with zero attached hydrogens (tertiary/aromatic N) is 4. The summed E-state index contributed by atoms with van der Waals surface area (Å²) in [5.74, 6) is 1.35. The summed E-state index contributed by atoms with van der Waals surface area (Å²) in [5, 5.41) is 12.1. The van der Waals surface area contributed by atoms with E-state index >= 15 is 0 Å². The Balaban J connectivity index is 2.44. The van der Waals surface area contributed by atoms with Crippen LogP contribution in [0.25, 0.3) is 5.65 Å². The van der Waals surface area contributed by atoms with Crippen LogP contribution in [0.5, 0.6) is 5.88 Å². The van der Waals surface area contributed by atoms with Gasteiger partial charge >= 0.3 is 0 Å². The van der Waals surface area contributed by atoms with E-state index in [9.17, 15) is 0 Å². The minimum Gasteiger partial charge on any atom is -0.474 e. The maximum absolute atomic E-state index is 5.46. The molecule has 0 unspecified atom stereocenters. The van der Waals surface area contributed by atoms with Gasteiger partial charge in [-0.1, -0.05) is 0 Å². The molecule has 14 heavy (non-hydrogen) atoms. The molecule has 2 heterocycles. The van der Waals surface area contributed by atoms with Crippen LogP contribution in [0.15, 0.2) is 12.1 Å². The fourth-order valence-corrected chi connectivity index (χ4v) is 1.18. The topological polar surface area (TPSA) is 52.3 Å². The number of aryl methyl sites for hydroxylation is 1. The van der Waals surface area contributed by atoms with Crippen molar-refractivity contribution in [3.63, 3.8) is 0 Å². The van der Waals surface area contributed by atoms with Crippen molar-refractivity contribution in [1.29, 1.82) is 0 Å². The number of rotatable bonds is 2. The molecule has 0 aliphatic carbocycles. The molecule has 0 aliphatic rings. The second-order valence-electron chi connectivity index (χ2n) is 3.36. The van der Waals surface area contributed by atoms with Gasteiger partial charge in [-0.25, -0.2) is 0 Å². The van der Waals surface area contributed by atoms with Gasteiger partial charge in [0, 0.05) is 6.07 Å². The summed E-state index contributed by atoms with van der Waals surface area (Å²) in [7, 11) is 0. The van der Waals surface area contributed by atoms with Crippen molar-refractivity contribution in [2.75, 3.05) is 0 Å². The molecule has 2 aromatic heterocycles. The summed E-state index contributed by atoms with van der Waals surface area (Å²) in [6.07, 6.45) is 0.122. The van der Waals surface area contributed by atoms with E-state index < -0.39 is 0 Å². The Morgan fingerprint density at radius 1 is 1.29 bits per heavy atom. The SMILES string of the molecule is Cc1nnc2ccc(OC(C)C)nn12. The fraction of sp³-hybridized carbons (Fsp3) is 0.444. The molecular weight excluding hydrogens is 180 g/mol. The molecule has 0 radical (unpaired) electrons. The molecule has 0 aromatic carbocycles. The maximum atomic E-state index is 5.46. The van der Waals surface area contributed by atoms with Gasteiger partial charge in [0.25, 0.3) is 0 Å². The van der Waals surface area contributed by atoms with Crippen LogP contribution in [0, 0.1) is 6.92 Å². The van der Waals surface area contributed by atoms with Crippen LogP contribution in [-0.4, -0.2) is 25.9 Å². The number of ether oxygens (including phenoxy) is 1. The third kappa shape index (κ3) is 1.53. The smallest absolute Gasteiger partial charge is 0.232 e. The van der Waals surface area contributed by atoms with Crippen molar-refractivity contribution in [2.24, 2.45) is 0 Å². The van der Waals surface area contributed by atoms with Crippen LogP contribution in [-0.2, 0) is 0 Å². The molecule has 5 heteroatoms. The predicted octanol–water partition coefficient (Wildman–Crippen LogP) is 1.22. The van der Waals surface area contributed by atoms with Gasteiger partial charge in [0.2, 0.25) is 5.88 Å². The zero-order valence-electron chi connectivity index (χ0n) is 8.43. The maximum Gasteiger partial charge on any atom is 0.232 e. The average molecular weight is 192 g/mol. The molecule has 0 saturated carbocycles. The summed E-state index contributed by atoms with van der Waals surface area (Å²) in [6, 6.07) is 3.63. The Hall–Kier alpha value is -1.65. The minimum atomic E-state index is 0.122. The first-order valence-corrected chi connectivity index (χ1v) is 4.52. The van der Waals surface area contributed by atoms with Gasteiger partial charge in [-0.2, -0.15) is 4.52 Å². The van der Waals surface area contributed by atoms with Gasteiger partial charge in [0.05, 0.1) is 6.10 Å². The molecule has 0 fully saturated rings. The average Bonchev–Trinajstić information content (AvgIpc) is 2.47. The Morgan fingerprint density at radius 3 is 2.79 bits per heavy atom. The van der Waals surface area contributed by atoms with Gasteiger partial charge < -0.3 is 4.74 Å². The highest BCUT2D eigenvalue weighted by atomic mass is 16.5. The molecule has 2 aromatic rings. The van der Waals surface area contributed by atoms with E-state index in [2.05, 4.69) is 15.3 Å². The number of aromatic nitrogens is 4. The van der Waals surface area contributed by atoms with E-state index in [1.165, 1.54) is 0 Å². The lowest BCUT2D eigenvalue weighted by molar-refractivity contribution is 0.229. The van der Waals surface area contributed by atoms with Crippen LogP contribution < -0.4 is 4.74 Å². The summed E-state index contributed by atoms with van der Waals surface area (Å²) in [6.45, 7) is 5.78. The van der Waals surface area contributed by atoms with Gasteiger partial charge in [-0.15, -0.1) is 15.3 Å². The van der Waals surface area contributed by atoms with Gasteiger partial charge in [0.15, 0.2) is 11.5 Å². The lowest BCUT2D eigenvalue weighted by Gasteiger charge is -2.07. The van der Waals surface area contributed by atoms with E-state index in [0.717, 1.165) is 11.5 Å². The monoisotopic (exact) mass is 192 g/mol. The Kier molecular flexibility index (Phi) is 2.07. The van der Waals surface area contributed by atoms with Crippen LogP contribution in [0.1, 0.15) is 19.7 Å². The number of fused-ring (bicyclic) bond motifs is 1. The molecule has 5 nitrogen and oxygen atoms in total. The summed E-state index contributed by atoms with van der Waals surface area (Å²) < 4.78 is 7.12. The standard InChI is InChI=1S/C9H12N4O/c1-6(2)14-9-5-4-8-11-10-7(3)13(8)12-9/h4-6H,1-3H3. The van der Waals surface area contributed by atoms with Crippen molar-refractivity contribution in [3.8, 4) is 5.88 Å². The molecule has 0 N–H and O–H groups in total. The van der Waals surface area contributed by atoms with Gasteiger partial charge in [-0.05, 0) is 26.8 Å². The van der Waals surface area contributed by atoms with Crippen LogP contribution in [0.2, 0.25) is 0 Å². The highest BCUT2D eigenvalue weighted by Crippen LogP contribution is 2.10. The molecule has 0 spiro atoms. The number of hydrogen-bond donors (Lipinski definition) is 0. The van der Waals surface area contributed by atoms with Crippen molar-refractivity contribution >= 4 is 5.65 Å². The highest BCUT2D eigenvalue weighted by Gasteiger charge is 2.04. The molecule has 0 atom stereocenters. The van der Waals surface area contributed by atoms with Crippen molar-refractivity contribution in [1.82, 2.24) is 19.8 Å². The fourth-order valence-electron chi connectivity index (χ4n) is 1.18. The first-order chi connectivity index (χ1) is 6.66. The third-order valence-electron chi connectivity index (χ3n) is 1.75. The molecular formula is C9H12N4O. The summed E-state index contributed by atoms with van der Waals surface area (Å²) in [4.78, 5) is 0. The van der Waals surface area contributed by atoms with Gasteiger partial charge in [0.1, 0.15) is 0 Å². The largest absolute Gasteiger partial charge is 0.474 e. The first kappa shape index (κ1) is 8.93. The summed E-state index contributed by atoms with van der Waals surface area (Å²) in [5.41, 5.74) is 0.735. The van der Waals surface area contributed by atoms with E-state index in [4.69, 9.17) is 4.74 Å². The van der Waals surface area contributed by atoms with E-state index in [0.29, 0.717) is 5.88 Å². The molecule has 74 valence electrons. The Bertz CT molecular complexity index is 449. The Morgan fingerprint density at radius 2 is 2.07 bits per heavy atom. The lowest BCUT2D eigenvalue weighted by atomic mass is 10.5. The van der Waals surface area contributed by atoms with E-state index in [1.54, 1.807) is 10.6 Å². The minimum absolute atomic E-state index is 0.122. The molecule has 0 saturated heterocycles. The second kappa shape index (κ2) is 3.25. The van der Waals surface area contributed by atoms with Crippen LogP contribution >= 0.6 is 0 Å². The second-order valence-corrected chi connectivity index (χ2v) is 3.36. The summed E-state index contributed by atoms with van der Waals surface area (Å²) >= 11 is 0. The normalized spacial score (nSPS) is 11.1. The van der Waals surface area contributed by atoms with Crippen LogP contribution in [0.4, 0.5) is 0 Å². The first-order valence-electron chi connectivity index (χ1n) is 4.52. The molecule has 0 aliphatic heterocycles. The number of hydrogen-bond acceptors (Lipinski definition) is 4. The third-order valence-corrected chi connectivity index (χ3v) is 1.75. The molecule has 0 amide bonds. The van der Waals surface area contributed by atoms with Crippen molar-refractivity contribution in [3.05, 3.63) is 18.0 Å². The van der Waals surface area contributed by atoms with Crippen LogP contribution in [0.3, 0.4) is 0 Å². The quantitative estimate of drug-likeness (QED) is 0.717. The van der Waals surface area contributed by atoms with E-state index in [1.807, 2.05) is 26.8 Å². The Labute approximate surface area is 81.7 Å². The lowest BCUT2D eigenvalue weighted by Crippen LogP contribution is -2.08. The molecule has 0 bridgehead atoms. The van der Waals surface area contributed by atoms with E-state index in [-0.39, 0.29) is 6.10 Å². The highest BCUT2D eigenvalue weighted by molar-refractivity contribution is 5.37. The predicted molar refractivity (Wildman–Crippen MR) is 51.3 cm³/mol. The van der Waals surface area contributed by atoms with Crippen molar-refractivity contribution in [2.45, 2.75) is 26.9 Å². The zero-order chi connectivity index (χ0) is 10.1. The van der Waals surface area contributed by atoms with Crippen molar-refractivity contribution < 1.29 is 4.74 Å². The molecule has 2 rings (SSSR count).